The zero-order chi connectivity index (χ0) is 8.97. The lowest BCUT2D eigenvalue weighted by Crippen LogP contribution is -2.42. The Labute approximate surface area is 85.3 Å². The molecule has 0 bridgehead atoms. The van der Waals surface area contributed by atoms with Gasteiger partial charge in [0.25, 0.3) is 0 Å². The van der Waals surface area contributed by atoms with Gasteiger partial charge in [0, 0.05) is 13.1 Å². The maximum atomic E-state index is 10.9. The van der Waals surface area contributed by atoms with Gasteiger partial charge in [-0.2, -0.15) is 0 Å². The summed E-state index contributed by atoms with van der Waals surface area (Å²) in [4.78, 5) is 12.9. The van der Waals surface area contributed by atoms with Crippen LogP contribution in [-0.2, 0) is 14.3 Å². The van der Waals surface area contributed by atoms with Gasteiger partial charge in [-0.1, -0.05) is 0 Å². The van der Waals surface area contributed by atoms with E-state index in [-0.39, 0.29) is 10.1 Å². The molecule has 70 valence electrons. The summed E-state index contributed by atoms with van der Waals surface area (Å²) in [5.41, 5.74) is 0. The number of methoxy groups -OCH3 is 1. The van der Waals surface area contributed by atoms with Crippen LogP contribution in [0.3, 0.4) is 0 Å². The highest BCUT2D eigenvalue weighted by atomic mass is 127. The summed E-state index contributed by atoms with van der Waals surface area (Å²) in [5, 5.41) is 0. The molecule has 1 aliphatic rings. The average Bonchev–Trinajstić information content (AvgIpc) is 2.04. The van der Waals surface area contributed by atoms with E-state index in [1.165, 1.54) is 7.11 Å². The molecule has 1 rings (SSSR count). The Balaban J connectivity index is 2.27. The summed E-state index contributed by atoms with van der Waals surface area (Å²) in [7, 11) is 1.41. The van der Waals surface area contributed by atoms with E-state index in [2.05, 4.69) is 27.3 Å². The van der Waals surface area contributed by atoms with E-state index in [0.717, 1.165) is 13.1 Å². The van der Waals surface area contributed by atoms with Crippen molar-refractivity contribution in [3.8, 4) is 0 Å². The molecule has 0 aromatic rings. The van der Waals surface area contributed by atoms with Gasteiger partial charge in [-0.3, -0.25) is 9.69 Å². The second kappa shape index (κ2) is 4.98. The van der Waals surface area contributed by atoms with E-state index in [1.807, 2.05) is 4.90 Å². The highest BCUT2D eigenvalue weighted by Crippen LogP contribution is 2.10. The third kappa shape index (κ3) is 3.24. The van der Waals surface area contributed by atoms with Crippen molar-refractivity contribution in [2.45, 2.75) is 4.11 Å². The lowest BCUT2D eigenvalue weighted by atomic mass is 10.4. The average molecular weight is 285 g/mol. The number of esters is 1. The van der Waals surface area contributed by atoms with Crippen LogP contribution in [0.1, 0.15) is 0 Å². The third-order valence-corrected chi connectivity index (χ3v) is 2.44. The molecule has 0 amide bonds. The first-order valence-corrected chi connectivity index (χ1v) is 5.02. The number of nitrogens with zero attached hydrogens (tertiary/aromatic N) is 1. The summed E-state index contributed by atoms with van der Waals surface area (Å²) in [6, 6.07) is 0. The van der Waals surface area contributed by atoms with Gasteiger partial charge in [0.1, 0.15) is 4.11 Å². The van der Waals surface area contributed by atoms with Crippen molar-refractivity contribution in [2.75, 3.05) is 33.4 Å². The molecular weight excluding hydrogens is 273 g/mol. The molecule has 0 saturated carbocycles. The molecule has 1 fully saturated rings. The van der Waals surface area contributed by atoms with Gasteiger partial charge < -0.3 is 9.47 Å². The number of hydrogen-bond acceptors (Lipinski definition) is 4. The van der Waals surface area contributed by atoms with E-state index in [1.54, 1.807) is 0 Å². The van der Waals surface area contributed by atoms with Crippen molar-refractivity contribution in [2.24, 2.45) is 0 Å². The maximum Gasteiger partial charge on any atom is 0.319 e. The molecule has 0 radical (unpaired) electrons. The molecule has 1 aliphatic heterocycles. The van der Waals surface area contributed by atoms with Gasteiger partial charge >= 0.3 is 5.97 Å². The summed E-state index contributed by atoms with van der Waals surface area (Å²) in [5.74, 6) is -0.180. The molecule has 12 heavy (non-hydrogen) atoms. The lowest BCUT2D eigenvalue weighted by Gasteiger charge is -2.28. The van der Waals surface area contributed by atoms with Gasteiger partial charge in [-0.05, 0) is 22.6 Å². The van der Waals surface area contributed by atoms with Crippen LogP contribution in [0.25, 0.3) is 0 Å². The minimum absolute atomic E-state index is 0.180. The SMILES string of the molecule is COC(=O)CN1CCOC(I)C1. The van der Waals surface area contributed by atoms with Crippen LogP contribution in [0.5, 0.6) is 0 Å². The standard InChI is InChI=1S/C7H12INO3/c1-11-7(10)5-9-2-3-12-6(8)4-9/h6H,2-5H2,1H3. The zero-order valence-electron chi connectivity index (χ0n) is 6.96. The van der Waals surface area contributed by atoms with E-state index in [0.29, 0.717) is 13.2 Å². The molecule has 5 heteroatoms. The first kappa shape index (κ1) is 10.2. The van der Waals surface area contributed by atoms with Crippen LogP contribution in [0.15, 0.2) is 0 Å². The predicted molar refractivity (Wildman–Crippen MR) is 52.2 cm³/mol. The largest absolute Gasteiger partial charge is 0.468 e. The molecule has 0 aromatic heterocycles. The minimum atomic E-state index is -0.180. The molecule has 0 N–H and O–H groups in total. The van der Waals surface area contributed by atoms with Crippen LogP contribution in [-0.4, -0.2) is 48.3 Å². The van der Waals surface area contributed by atoms with Crippen LogP contribution in [0, 0.1) is 0 Å². The second-order valence-electron chi connectivity index (χ2n) is 2.59. The minimum Gasteiger partial charge on any atom is -0.468 e. The van der Waals surface area contributed by atoms with Gasteiger partial charge in [0.2, 0.25) is 0 Å². The predicted octanol–water partition coefficient (Wildman–Crippen LogP) is 0.253. The van der Waals surface area contributed by atoms with Crippen LogP contribution >= 0.6 is 22.6 Å². The maximum absolute atomic E-state index is 10.9. The van der Waals surface area contributed by atoms with Gasteiger partial charge in [-0.15, -0.1) is 0 Å². The van der Waals surface area contributed by atoms with Crippen molar-refractivity contribution >= 4 is 28.6 Å². The van der Waals surface area contributed by atoms with Crippen molar-refractivity contribution in [3.05, 3.63) is 0 Å². The number of morpholine rings is 1. The highest BCUT2D eigenvalue weighted by molar-refractivity contribution is 14.1. The van der Waals surface area contributed by atoms with Crippen LogP contribution in [0.4, 0.5) is 0 Å². The van der Waals surface area contributed by atoms with Crippen molar-refractivity contribution < 1.29 is 14.3 Å². The van der Waals surface area contributed by atoms with Gasteiger partial charge in [0.05, 0.1) is 20.3 Å². The first-order valence-electron chi connectivity index (χ1n) is 3.77. The molecular formula is C7H12INO3. The normalized spacial score (nSPS) is 25.3. The quantitative estimate of drug-likeness (QED) is 0.414. The third-order valence-electron chi connectivity index (χ3n) is 1.69. The molecule has 0 aliphatic carbocycles. The molecule has 1 unspecified atom stereocenters. The van der Waals surface area contributed by atoms with Crippen molar-refractivity contribution in [1.29, 1.82) is 0 Å². The van der Waals surface area contributed by atoms with E-state index < -0.39 is 0 Å². The second-order valence-corrected chi connectivity index (χ2v) is 3.98. The fraction of sp³-hybridized carbons (Fsp3) is 0.857. The zero-order valence-corrected chi connectivity index (χ0v) is 9.11. The Morgan fingerprint density at radius 2 is 2.58 bits per heavy atom. The summed E-state index contributed by atoms with van der Waals surface area (Å²) < 4.78 is 10.1. The number of carbonyl (C=O) groups is 1. The number of hydrogen-bond donors (Lipinski definition) is 0. The molecule has 0 spiro atoms. The molecule has 1 saturated heterocycles. The molecule has 1 heterocycles. The smallest absolute Gasteiger partial charge is 0.319 e. The fourth-order valence-corrected chi connectivity index (χ4v) is 1.86. The van der Waals surface area contributed by atoms with Gasteiger partial charge in [-0.25, -0.2) is 0 Å². The number of halogens is 1. The number of carbonyl (C=O) groups excluding carboxylic acids is 1. The fourth-order valence-electron chi connectivity index (χ4n) is 1.05. The summed E-state index contributed by atoms with van der Waals surface area (Å²) in [6.45, 7) is 2.69. The highest BCUT2D eigenvalue weighted by Gasteiger charge is 2.19. The molecule has 4 nitrogen and oxygen atoms in total. The first-order chi connectivity index (χ1) is 5.72. The summed E-state index contributed by atoms with van der Waals surface area (Å²) in [6.07, 6.45) is 0. The number of ether oxygens (including phenoxy) is 2. The summed E-state index contributed by atoms with van der Waals surface area (Å²) >= 11 is 2.21. The number of rotatable bonds is 2. The van der Waals surface area contributed by atoms with Crippen molar-refractivity contribution in [3.63, 3.8) is 0 Å². The van der Waals surface area contributed by atoms with E-state index in [9.17, 15) is 4.79 Å². The van der Waals surface area contributed by atoms with E-state index in [4.69, 9.17) is 4.74 Å². The van der Waals surface area contributed by atoms with Crippen LogP contribution < -0.4 is 0 Å². The number of alkyl halides is 1. The lowest BCUT2D eigenvalue weighted by molar-refractivity contribution is -0.143. The molecule has 1 atom stereocenters. The van der Waals surface area contributed by atoms with Gasteiger partial charge in [0.15, 0.2) is 0 Å². The Hall–Kier alpha value is 0.120. The Morgan fingerprint density at radius 1 is 1.83 bits per heavy atom. The Morgan fingerprint density at radius 3 is 3.17 bits per heavy atom. The van der Waals surface area contributed by atoms with Crippen molar-refractivity contribution in [1.82, 2.24) is 4.90 Å². The monoisotopic (exact) mass is 285 g/mol. The molecule has 0 aromatic carbocycles. The Kier molecular flexibility index (Phi) is 4.24. The topological polar surface area (TPSA) is 38.8 Å². The van der Waals surface area contributed by atoms with E-state index >= 15 is 0 Å². The Bertz CT molecular complexity index is 165. The van der Waals surface area contributed by atoms with Crippen LogP contribution in [0.2, 0.25) is 0 Å².